The molecule has 0 aliphatic rings. The van der Waals surface area contributed by atoms with Gasteiger partial charge in [0.05, 0.1) is 10.5 Å². The number of halogens is 3. The van der Waals surface area contributed by atoms with Crippen LogP contribution in [0.1, 0.15) is 17.2 Å². The SMILES string of the molecule is NNC(Cc1ccc(F)c(Br)c1)c1cccc(F)c1. The number of hydrogen-bond donors (Lipinski definition) is 2. The minimum atomic E-state index is -0.313. The minimum Gasteiger partial charge on any atom is -0.271 e. The lowest BCUT2D eigenvalue weighted by molar-refractivity contribution is 0.543. The van der Waals surface area contributed by atoms with Gasteiger partial charge in [-0.1, -0.05) is 18.2 Å². The molecule has 2 aromatic carbocycles. The third-order valence-corrected chi connectivity index (χ3v) is 3.48. The number of nitrogens with two attached hydrogens (primary N) is 1. The van der Waals surface area contributed by atoms with Crippen LogP contribution >= 0.6 is 15.9 Å². The van der Waals surface area contributed by atoms with Crippen molar-refractivity contribution in [2.24, 2.45) is 5.84 Å². The largest absolute Gasteiger partial charge is 0.271 e. The summed E-state index contributed by atoms with van der Waals surface area (Å²) in [4.78, 5) is 0. The van der Waals surface area contributed by atoms with E-state index < -0.39 is 0 Å². The first kappa shape index (κ1) is 14.1. The summed E-state index contributed by atoms with van der Waals surface area (Å²) in [5.74, 6) is 4.89. The van der Waals surface area contributed by atoms with Gasteiger partial charge in [-0.25, -0.2) is 8.78 Å². The van der Waals surface area contributed by atoms with Crippen LogP contribution in [0.15, 0.2) is 46.9 Å². The first-order valence-electron chi connectivity index (χ1n) is 5.75. The smallest absolute Gasteiger partial charge is 0.137 e. The lowest BCUT2D eigenvalue weighted by Gasteiger charge is -2.16. The van der Waals surface area contributed by atoms with E-state index in [1.54, 1.807) is 24.3 Å². The number of hydrogen-bond acceptors (Lipinski definition) is 2. The van der Waals surface area contributed by atoms with Crippen LogP contribution in [0.4, 0.5) is 8.78 Å². The fourth-order valence-corrected chi connectivity index (χ4v) is 2.32. The second-order valence-electron chi connectivity index (χ2n) is 4.23. The van der Waals surface area contributed by atoms with Crippen LogP contribution in [-0.2, 0) is 6.42 Å². The van der Waals surface area contributed by atoms with E-state index in [4.69, 9.17) is 5.84 Å². The molecule has 0 fully saturated rings. The predicted molar refractivity (Wildman–Crippen MR) is 74.3 cm³/mol. The number of nitrogens with one attached hydrogen (secondary N) is 1. The fraction of sp³-hybridized carbons (Fsp3) is 0.143. The Morgan fingerprint density at radius 1 is 1.16 bits per heavy atom. The Morgan fingerprint density at radius 2 is 1.95 bits per heavy atom. The number of rotatable bonds is 4. The second-order valence-corrected chi connectivity index (χ2v) is 5.08. The summed E-state index contributed by atoms with van der Waals surface area (Å²) in [5.41, 5.74) is 4.31. The Hall–Kier alpha value is -1.30. The minimum absolute atomic E-state index is 0.229. The molecule has 0 spiro atoms. The van der Waals surface area contributed by atoms with E-state index in [1.807, 2.05) is 0 Å². The highest BCUT2D eigenvalue weighted by Crippen LogP contribution is 2.22. The van der Waals surface area contributed by atoms with Crippen molar-refractivity contribution in [3.8, 4) is 0 Å². The molecule has 0 heterocycles. The summed E-state index contributed by atoms with van der Waals surface area (Å²) in [6.07, 6.45) is 0.541. The van der Waals surface area contributed by atoms with Crippen molar-refractivity contribution in [2.45, 2.75) is 12.5 Å². The zero-order valence-corrected chi connectivity index (χ0v) is 11.6. The van der Waals surface area contributed by atoms with Gasteiger partial charge >= 0.3 is 0 Å². The molecule has 0 bridgehead atoms. The van der Waals surface area contributed by atoms with Gasteiger partial charge in [-0.3, -0.25) is 11.3 Å². The van der Waals surface area contributed by atoms with Crippen molar-refractivity contribution >= 4 is 15.9 Å². The third-order valence-electron chi connectivity index (χ3n) is 2.88. The van der Waals surface area contributed by atoms with Gasteiger partial charge in [0.15, 0.2) is 0 Å². The van der Waals surface area contributed by atoms with Gasteiger partial charge in [-0.05, 0) is 57.7 Å². The molecular formula is C14H13BrF2N2. The van der Waals surface area contributed by atoms with Crippen molar-refractivity contribution in [2.75, 3.05) is 0 Å². The standard InChI is InChI=1S/C14H13BrF2N2/c15-12-6-9(4-5-13(12)17)7-14(19-18)10-2-1-3-11(16)8-10/h1-6,8,14,19H,7,18H2. The first-order chi connectivity index (χ1) is 9.10. The summed E-state index contributed by atoms with van der Waals surface area (Å²) in [6, 6.07) is 10.8. The van der Waals surface area contributed by atoms with Crippen molar-refractivity contribution in [1.29, 1.82) is 0 Å². The monoisotopic (exact) mass is 326 g/mol. The van der Waals surface area contributed by atoms with Crippen LogP contribution in [0.25, 0.3) is 0 Å². The molecule has 100 valence electrons. The highest BCUT2D eigenvalue weighted by molar-refractivity contribution is 9.10. The molecule has 0 aliphatic heterocycles. The van der Waals surface area contributed by atoms with Crippen LogP contribution in [0.2, 0.25) is 0 Å². The molecule has 0 aliphatic carbocycles. The van der Waals surface area contributed by atoms with E-state index in [2.05, 4.69) is 21.4 Å². The zero-order chi connectivity index (χ0) is 13.8. The highest BCUT2D eigenvalue weighted by atomic mass is 79.9. The van der Waals surface area contributed by atoms with Crippen molar-refractivity contribution in [1.82, 2.24) is 5.43 Å². The van der Waals surface area contributed by atoms with E-state index in [0.29, 0.717) is 10.9 Å². The molecule has 19 heavy (non-hydrogen) atoms. The molecule has 1 atom stereocenters. The van der Waals surface area contributed by atoms with Gasteiger partial charge in [0.1, 0.15) is 11.6 Å². The molecule has 0 amide bonds. The Morgan fingerprint density at radius 3 is 2.58 bits per heavy atom. The van der Waals surface area contributed by atoms with E-state index in [1.165, 1.54) is 18.2 Å². The third kappa shape index (κ3) is 3.59. The van der Waals surface area contributed by atoms with Crippen molar-refractivity contribution < 1.29 is 8.78 Å². The summed E-state index contributed by atoms with van der Waals surface area (Å²) >= 11 is 3.14. The van der Waals surface area contributed by atoms with Crippen LogP contribution < -0.4 is 11.3 Å². The van der Waals surface area contributed by atoms with Crippen LogP contribution in [-0.4, -0.2) is 0 Å². The molecule has 0 saturated heterocycles. The van der Waals surface area contributed by atoms with E-state index >= 15 is 0 Å². The molecule has 2 nitrogen and oxygen atoms in total. The van der Waals surface area contributed by atoms with Gasteiger partial charge in [0, 0.05) is 0 Å². The van der Waals surface area contributed by atoms with E-state index in [0.717, 1.165) is 11.1 Å². The molecule has 0 saturated carbocycles. The quantitative estimate of drug-likeness (QED) is 0.667. The molecular weight excluding hydrogens is 314 g/mol. The summed E-state index contributed by atoms with van der Waals surface area (Å²) in [6.45, 7) is 0. The number of hydrazine groups is 1. The Kier molecular flexibility index (Phi) is 4.63. The molecule has 3 N–H and O–H groups in total. The Bertz CT molecular complexity index is 575. The maximum absolute atomic E-state index is 13.2. The van der Waals surface area contributed by atoms with Gasteiger partial charge in [-0.15, -0.1) is 0 Å². The van der Waals surface area contributed by atoms with Crippen molar-refractivity contribution in [3.05, 3.63) is 69.7 Å². The topological polar surface area (TPSA) is 38.0 Å². The molecule has 2 aromatic rings. The second kappa shape index (κ2) is 6.23. The van der Waals surface area contributed by atoms with E-state index in [9.17, 15) is 8.78 Å². The van der Waals surface area contributed by atoms with Crippen LogP contribution in [0, 0.1) is 11.6 Å². The van der Waals surface area contributed by atoms with Gasteiger partial charge < -0.3 is 0 Å². The Balaban J connectivity index is 2.21. The fourth-order valence-electron chi connectivity index (χ4n) is 1.90. The molecule has 2 rings (SSSR count). The summed E-state index contributed by atoms with van der Waals surface area (Å²) < 4.78 is 26.8. The average Bonchev–Trinajstić information content (AvgIpc) is 2.40. The van der Waals surface area contributed by atoms with Crippen molar-refractivity contribution in [3.63, 3.8) is 0 Å². The van der Waals surface area contributed by atoms with Gasteiger partial charge in [0.25, 0.3) is 0 Å². The van der Waals surface area contributed by atoms with Gasteiger partial charge in [-0.2, -0.15) is 0 Å². The highest BCUT2D eigenvalue weighted by Gasteiger charge is 2.12. The van der Waals surface area contributed by atoms with Crippen LogP contribution in [0.5, 0.6) is 0 Å². The van der Waals surface area contributed by atoms with Gasteiger partial charge in [0.2, 0.25) is 0 Å². The maximum atomic E-state index is 13.2. The average molecular weight is 327 g/mol. The number of benzene rings is 2. The van der Waals surface area contributed by atoms with E-state index in [-0.39, 0.29) is 17.7 Å². The lowest BCUT2D eigenvalue weighted by Crippen LogP contribution is -2.29. The first-order valence-corrected chi connectivity index (χ1v) is 6.55. The molecule has 0 aromatic heterocycles. The lowest BCUT2D eigenvalue weighted by atomic mass is 9.99. The summed E-state index contributed by atoms with van der Waals surface area (Å²) in [7, 11) is 0. The normalized spacial score (nSPS) is 12.4. The molecule has 1 unspecified atom stereocenters. The van der Waals surface area contributed by atoms with Crippen LogP contribution in [0.3, 0.4) is 0 Å². The maximum Gasteiger partial charge on any atom is 0.137 e. The molecule has 5 heteroatoms. The predicted octanol–water partition coefficient (Wildman–Crippen LogP) is 3.47. The molecule has 0 radical (unpaired) electrons. The Labute approximate surface area is 118 Å². The zero-order valence-electron chi connectivity index (χ0n) is 10.0. The summed E-state index contributed by atoms with van der Waals surface area (Å²) in [5, 5.41) is 0.